The van der Waals surface area contributed by atoms with Crippen LogP contribution in [0.3, 0.4) is 0 Å². The van der Waals surface area contributed by atoms with Crippen molar-refractivity contribution < 1.29 is 17.7 Å². The molecule has 1 atom stereocenters. The topological polar surface area (TPSA) is 63.6 Å². The van der Waals surface area contributed by atoms with Crippen molar-refractivity contribution in [3.8, 4) is 11.1 Å². The molecule has 0 saturated heterocycles. The zero-order valence-corrected chi connectivity index (χ0v) is 12.5. The van der Waals surface area contributed by atoms with Crippen molar-refractivity contribution >= 4 is 10.1 Å². The minimum atomic E-state index is -4.26. The molecule has 0 aromatic heterocycles. The number of hydrogen-bond donors (Lipinski definition) is 1. The van der Waals surface area contributed by atoms with Gasteiger partial charge in [-0.3, -0.25) is 4.55 Å². The molecule has 0 aliphatic heterocycles. The Bertz CT molecular complexity index is 676. The molecule has 0 saturated carbocycles. The van der Waals surface area contributed by atoms with Crippen LogP contribution in [0.1, 0.15) is 25.5 Å². The van der Waals surface area contributed by atoms with Crippen LogP contribution in [-0.2, 0) is 14.9 Å². The molecular formula is C15H18O4S. The third-order valence-corrected chi connectivity index (χ3v) is 4.24. The van der Waals surface area contributed by atoms with E-state index >= 15 is 0 Å². The Morgan fingerprint density at radius 2 is 1.70 bits per heavy atom. The lowest BCUT2D eigenvalue weighted by Crippen LogP contribution is -2.08. The van der Waals surface area contributed by atoms with E-state index in [-0.39, 0.29) is 16.9 Å². The lowest BCUT2D eigenvalue weighted by molar-refractivity contribution is 0.0652. The van der Waals surface area contributed by atoms with Gasteiger partial charge in [-0.05, 0) is 23.1 Å². The second-order valence-electron chi connectivity index (χ2n) is 5.08. The Morgan fingerprint density at radius 1 is 1.10 bits per heavy atom. The standard InChI is InChI=1S/C15H18O4S/c1-10(2)15(19-3)13-9-14(20(16,17)18)12-8-6-4-5-7-11(12)13/h4-10,15H,1-3H3,(H,16,17,18). The maximum absolute atomic E-state index is 11.6. The van der Waals surface area contributed by atoms with Crippen LogP contribution in [0.25, 0.3) is 11.1 Å². The predicted octanol–water partition coefficient (Wildman–Crippen LogP) is 3.38. The van der Waals surface area contributed by atoms with Gasteiger partial charge in [-0.25, -0.2) is 0 Å². The van der Waals surface area contributed by atoms with E-state index in [1.165, 1.54) is 6.07 Å². The van der Waals surface area contributed by atoms with Gasteiger partial charge < -0.3 is 4.74 Å². The van der Waals surface area contributed by atoms with E-state index in [0.717, 1.165) is 11.1 Å². The normalized spacial score (nSPS) is 13.8. The quantitative estimate of drug-likeness (QED) is 0.878. The largest absolute Gasteiger partial charge is 0.376 e. The summed E-state index contributed by atoms with van der Waals surface area (Å²) in [7, 11) is -2.66. The number of rotatable bonds is 4. The summed E-state index contributed by atoms with van der Waals surface area (Å²) in [5, 5.41) is 0. The highest BCUT2D eigenvalue weighted by molar-refractivity contribution is 7.86. The van der Waals surface area contributed by atoms with Gasteiger partial charge >= 0.3 is 0 Å². The summed E-state index contributed by atoms with van der Waals surface area (Å²) in [6, 6.07) is 10.4. The Balaban J connectivity index is 2.75. The van der Waals surface area contributed by atoms with Crippen molar-refractivity contribution in [2.45, 2.75) is 24.8 Å². The fourth-order valence-electron chi connectivity index (χ4n) is 2.52. The first kappa shape index (κ1) is 15.0. The highest BCUT2D eigenvalue weighted by Gasteiger charge is 2.28. The molecule has 2 rings (SSSR count). The van der Waals surface area contributed by atoms with E-state index in [9.17, 15) is 13.0 Å². The summed E-state index contributed by atoms with van der Waals surface area (Å²) >= 11 is 0. The number of methoxy groups -OCH3 is 1. The van der Waals surface area contributed by atoms with Crippen LogP contribution in [0.4, 0.5) is 0 Å². The van der Waals surface area contributed by atoms with Crippen LogP contribution < -0.4 is 0 Å². The van der Waals surface area contributed by atoms with Crippen molar-refractivity contribution in [3.05, 3.63) is 42.0 Å². The molecule has 2 aliphatic rings. The average Bonchev–Trinajstić information content (AvgIpc) is 2.56. The van der Waals surface area contributed by atoms with Crippen LogP contribution in [0.2, 0.25) is 0 Å². The fraction of sp³-hybridized carbons (Fsp3) is 0.333. The lowest BCUT2D eigenvalue weighted by Gasteiger charge is -2.19. The van der Waals surface area contributed by atoms with Crippen molar-refractivity contribution in [1.82, 2.24) is 0 Å². The Morgan fingerprint density at radius 3 is 2.20 bits per heavy atom. The molecule has 4 nitrogen and oxygen atoms in total. The Kier molecular flexibility index (Phi) is 4.13. The molecule has 2 aliphatic carbocycles. The summed E-state index contributed by atoms with van der Waals surface area (Å²) in [5.41, 5.74) is 2.07. The summed E-state index contributed by atoms with van der Waals surface area (Å²) in [5.74, 6) is 0.186. The summed E-state index contributed by atoms with van der Waals surface area (Å²) < 4.78 is 38.0. The molecule has 0 amide bonds. The monoisotopic (exact) mass is 294 g/mol. The van der Waals surface area contributed by atoms with Crippen molar-refractivity contribution in [3.63, 3.8) is 0 Å². The first-order chi connectivity index (χ1) is 9.36. The maximum Gasteiger partial charge on any atom is 0.295 e. The lowest BCUT2D eigenvalue weighted by atomic mass is 9.97. The zero-order valence-electron chi connectivity index (χ0n) is 11.7. The van der Waals surface area contributed by atoms with E-state index in [2.05, 4.69) is 0 Å². The van der Waals surface area contributed by atoms with Gasteiger partial charge in [0.2, 0.25) is 0 Å². The van der Waals surface area contributed by atoms with Crippen molar-refractivity contribution in [2.24, 2.45) is 5.92 Å². The number of hydrogen-bond acceptors (Lipinski definition) is 3. The summed E-state index contributed by atoms with van der Waals surface area (Å²) in [4.78, 5) is -0.0681. The molecule has 108 valence electrons. The minimum absolute atomic E-state index is 0.0681. The molecule has 1 N–H and O–H groups in total. The second-order valence-corrected chi connectivity index (χ2v) is 6.47. The van der Waals surface area contributed by atoms with E-state index in [0.29, 0.717) is 5.56 Å². The third-order valence-electron chi connectivity index (χ3n) is 3.35. The molecule has 1 unspecified atom stereocenters. The maximum atomic E-state index is 11.6. The number of fused-ring (bicyclic) bond motifs is 1. The summed E-state index contributed by atoms with van der Waals surface area (Å²) in [6.45, 7) is 4.01. The minimum Gasteiger partial charge on any atom is -0.376 e. The highest BCUT2D eigenvalue weighted by atomic mass is 32.2. The SMILES string of the molecule is COC(c1cc(S(=O)(=O)O)c2cccccc1-2)C(C)C. The van der Waals surface area contributed by atoms with Gasteiger partial charge in [-0.15, -0.1) is 0 Å². The molecule has 0 bridgehead atoms. The molecule has 5 heteroatoms. The van der Waals surface area contributed by atoms with Crippen LogP contribution in [0, 0.1) is 5.92 Å². The van der Waals surface area contributed by atoms with Gasteiger partial charge in [0.15, 0.2) is 0 Å². The molecule has 20 heavy (non-hydrogen) atoms. The molecule has 0 spiro atoms. The molecule has 0 fully saturated rings. The van der Waals surface area contributed by atoms with Gasteiger partial charge in [-0.2, -0.15) is 8.42 Å². The zero-order chi connectivity index (χ0) is 14.9. The van der Waals surface area contributed by atoms with Crippen LogP contribution in [-0.4, -0.2) is 20.1 Å². The van der Waals surface area contributed by atoms with Gasteiger partial charge in [0, 0.05) is 12.7 Å². The van der Waals surface area contributed by atoms with Gasteiger partial charge in [0.1, 0.15) is 4.90 Å². The fourth-order valence-corrected chi connectivity index (χ4v) is 3.25. The second kappa shape index (κ2) is 5.52. The first-order valence-electron chi connectivity index (χ1n) is 6.38. The van der Waals surface area contributed by atoms with Crippen molar-refractivity contribution in [1.29, 1.82) is 0 Å². The highest BCUT2D eigenvalue weighted by Crippen LogP contribution is 2.40. The first-order valence-corrected chi connectivity index (χ1v) is 7.82. The van der Waals surface area contributed by atoms with Crippen LogP contribution in [0.15, 0.2) is 41.3 Å². The Hall–Kier alpha value is -1.43. The van der Waals surface area contributed by atoms with Crippen LogP contribution >= 0.6 is 0 Å². The van der Waals surface area contributed by atoms with E-state index < -0.39 is 10.1 Å². The smallest absolute Gasteiger partial charge is 0.295 e. The molecule has 0 aromatic carbocycles. The van der Waals surface area contributed by atoms with Crippen molar-refractivity contribution in [2.75, 3.05) is 7.11 Å². The average molecular weight is 294 g/mol. The van der Waals surface area contributed by atoms with E-state index in [1.807, 2.05) is 32.0 Å². The third kappa shape index (κ3) is 2.70. The molecule has 0 aromatic rings. The molecule has 0 radical (unpaired) electrons. The molecule has 0 heterocycles. The van der Waals surface area contributed by atoms with Crippen LogP contribution in [0.5, 0.6) is 0 Å². The van der Waals surface area contributed by atoms with Gasteiger partial charge in [0.05, 0.1) is 6.10 Å². The summed E-state index contributed by atoms with van der Waals surface area (Å²) in [6.07, 6.45) is -0.226. The van der Waals surface area contributed by atoms with E-state index in [4.69, 9.17) is 4.74 Å². The van der Waals surface area contributed by atoms with Gasteiger partial charge in [-0.1, -0.05) is 44.2 Å². The Labute approximate surface area is 119 Å². The molecular weight excluding hydrogens is 276 g/mol. The van der Waals surface area contributed by atoms with E-state index in [1.54, 1.807) is 19.2 Å². The number of ether oxygens (including phenoxy) is 1. The predicted molar refractivity (Wildman–Crippen MR) is 77.5 cm³/mol. The van der Waals surface area contributed by atoms with Gasteiger partial charge in [0.25, 0.3) is 10.1 Å².